The van der Waals surface area contributed by atoms with Gasteiger partial charge in [0, 0.05) is 36.7 Å². The molecule has 4 rings (SSSR count). The smallest absolute Gasteiger partial charge is 0.253 e. The molecule has 0 aliphatic rings. The summed E-state index contributed by atoms with van der Waals surface area (Å²) in [6, 6.07) is 25.6. The summed E-state index contributed by atoms with van der Waals surface area (Å²) in [7, 11) is 5.16. The highest BCUT2D eigenvalue weighted by Crippen LogP contribution is 2.30. The van der Waals surface area contributed by atoms with Crippen molar-refractivity contribution in [2.45, 2.75) is 10.9 Å². The van der Waals surface area contributed by atoms with Crippen molar-refractivity contribution >= 4 is 17.7 Å². The van der Waals surface area contributed by atoms with E-state index in [0.29, 0.717) is 11.3 Å². The third-order valence-electron chi connectivity index (χ3n) is 4.94. The number of hydrogen-bond acceptors (Lipinski definition) is 5. The Bertz CT molecular complexity index is 1200. The molecule has 1 aromatic heterocycles. The molecule has 1 amide bonds. The highest BCUT2D eigenvalue weighted by Gasteiger charge is 2.17. The number of thioether (sulfide) groups is 1. The predicted molar refractivity (Wildman–Crippen MR) is 127 cm³/mol. The van der Waals surface area contributed by atoms with Gasteiger partial charge in [-0.15, -0.1) is 10.2 Å². The second kappa shape index (κ2) is 9.70. The second-order valence-electron chi connectivity index (χ2n) is 7.39. The zero-order valence-electron chi connectivity index (χ0n) is 18.2. The molecular weight excluding hydrogens is 420 g/mol. The van der Waals surface area contributed by atoms with Crippen LogP contribution in [0.3, 0.4) is 0 Å². The number of carbonyl (C=O) groups is 1. The fraction of sp³-hybridized carbons (Fsp3) is 0.160. The van der Waals surface area contributed by atoms with Gasteiger partial charge in [-0.3, -0.25) is 9.36 Å². The number of benzene rings is 3. The molecule has 0 aliphatic heterocycles. The van der Waals surface area contributed by atoms with Crippen LogP contribution < -0.4 is 4.74 Å². The zero-order valence-corrected chi connectivity index (χ0v) is 19.0. The van der Waals surface area contributed by atoms with Crippen LogP contribution in [-0.4, -0.2) is 46.8 Å². The fourth-order valence-electron chi connectivity index (χ4n) is 3.30. The maximum Gasteiger partial charge on any atom is 0.253 e. The molecule has 0 atom stereocenters. The van der Waals surface area contributed by atoms with E-state index >= 15 is 0 Å². The molecule has 0 saturated heterocycles. The minimum atomic E-state index is -0.00825. The SMILES string of the molecule is COc1ccc(-c2nnc(SCc3cccc(C(=O)N(C)C)c3)n2-c2ccccc2)cc1. The largest absolute Gasteiger partial charge is 0.497 e. The van der Waals surface area contributed by atoms with Crippen LogP contribution in [0.5, 0.6) is 5.75 Å². The highest BCUT2D eigenvalue weighted by atomic mass is 32.2. The molecule has 0 N–H and O–H groups in total. The number of amides is 1. The lowest BCUT2D eigenvalue weighted by atomic mass is 10.1. The third kappa shape index (κ3) is 4.68. The Morgan fingerprint density at radius 2 is 1.72 bits per heavy atom. The molecule has 0 bridgehead atoms. The first-order chi connectivity index (χ1) is 15.6. The Labute approximate surface area is 191 Å². The van der Waals surface area contributed by atoms with Crippen molar-refractivity contribution in [3.63, 3.8) is 0 Å². The van der Waals surface area contributed by atoms with Gasteiger partial charge in [0.25, 0.3) is 5.91 Å². The van der Waals surface area contributed by atoms with Crippen LogP contribution in [0.15, 0.2) is 84.0 Å². The zero-order chi connectivity index (χ0) is 22.5. The molecular formula is C25H24N4O2S. The lowest BCUT2D eigenvalue weighted by Gasteiger charge is -2.12. The average molecular weight is 445 g/mol. The number of nitrogens with zero attached hydrogens (tertiary/aromatic N) is 4. The lowest BCUT2D eigenvalue weighted by molar-refractivity contribution is 0.0827. The van der Waals surface area contributed by atoms with Crippen LogP contribution in [0.4, 0.5) is 0 Å². The van der Waals surface area contributed by atoms with Gasteiger partial charge in [-0.25, -0.2) is 0 Å². The van der Waals surface area contributed by atoms with Gasteiger partial charge < -0.3 is 9.64 Å². The quantitative estimate of drug-likeness (QED) is 0.378. The van der Waals surface area contributed by atoms with Crippen molar-refractivity contribution in [1.29, 1.82) is 0 Å². The van der Waals surface area contributed by atoms with Gasteiger partial charge in [0.15, 0.2) is 11.0 Å². The minimum absolute atomic E-state index is 0.00825. The van der Waals surface area contributed by atoms with Crippen LogP contribution in [-0.2, 0) is 5.75 Å². The van der Waals surface area contributed by atoms with Crippen molar-refractivity contribution in [2.24, 2.45) is 0 Å². The summed E-state index contributed by atoms with van der Waals surface area (Å²) in [5.74, 6) is 2.22. The van der Waals surface area contributed by atoms with Crippen molar-refractivity contribution in [1.82, 2.24) is 19.7 Å². The summed E-state index contributed by atoms with van der Waals surface area (Å²) in [6.07, 6.45) is 0. The van der Waals surface area contributed by atoms with Gasteiger partial charge in [0.2, 0.25) is 0 Å². The maximum atomic E-state index is 12.3. The van der Waals surface area contributed by atoms with Crippen LogP contribution in [0.25, 0.3) is 17.1 Å². The first-order valence-corrected chi connectivity index (χ1v) is 11.1. The number of para-hydroxylation sites is 1. The molecule has 0 aliphatic carbocycles. The van der Waals surface area contributed by atoms with Crippen molar-refractivity contribution in [3.05, 3.63) is 90.0 Å². The van der Waals surface area contributed by atoms with E-state index in [1.807, 2.05) is 78.9 Å². The average Bonchev–Trinajstić information content (AvgIpc) is 3.27. The molecule has 0 unspecified atom stereocenters. The first-order valence-electron chi connectivity index (χ1n) is 10.2. The Morgan fingerprint density at radius 3 is 2.41 bits per heavy atom. The number of carbonyl (C=O) groups excluding carboxylic acids is 1. The van der Waals surface area contributed by atoms with E-state index < -0.39 is 0 Å². The van der Waals surface area contributed by atoms with E-state index in [1.54, 1.807) is 37.9 Å². The molecule has 1 heterocycles. The Kier molecular flexibility index (Phi) is 6.56. The molecule has 0 fully saturated rings. The van der Waals surface area contributed by atoms with Crippen LogP contribution in [0, 0.1) is 0 Å². The molecule has 32 heavy (non-hydrogen) atoms. The molecule has 3 aromatic carbocycles. The molecule has 0 radical (unpaired) electrons. The molecule has 0 saturated carbocycles. The standard InChI is InChI=1S/C25H24N4O2S/c1-28(2)24(30)20-9-7-8-18(16-20)17-32-25-27-26-23(19-12-14-22(31-3)15-13-19)29(25)21-10-5-4-6-11-21/h4-16H,17H2,1-3H3. The van der Waals surface area contributed by atoms with Crippen molar-refractivity contribution in [3.8, 4) is 22.8 Å². The van der Waals surface area contributed by atoms with Gasteiger partial charge in [-0.2, -0.15) is 0 Å². The van der Waals surface area contributed by atoms with Crippen molar-refractivity contribution < 1.29 is 9.53 Å². The highest BCUT2D eigenvalue weighted by molar-refractivity contribution is 7.98. The summed E-state index contributed by atoms with van der Waals surface area (Å²) in [5, 5.41) is 9.76. The Morgan fingerprint density at radius 1 is 0.969 bits per heavy atom. The predicted octanol–water partition coefficient (Wildman–Crippen LogP) is 4.94. The fourth-order valence-corrected chi connectivity index (χ4v) is 4.20. The summed E-state index contributed by atoms with van der Waals surface area (Å²) < 4.78 is 7.34. The lowest BCUT2D eigenvalue weighted by Crippen LogP contribution is -2.21. The van der Waals surface area contributed by atoms with E-state index in [1.165, 1.54) is 0 Å². The number of methoxy groups -OCH3 is 1. The maximum absolute atomic E-state index is 12.3. The monoisotopic (exact) mass is 444 g/mol. The normalized spacial score (nSPS) is 10.7. The van der Waals surface area contributed by atoms with E-state index in [-0.39, 0.29) is 5.91 Å². The number of rotatable bonds is 7. The topological polar surface area (TPSA) is 60.3 Å². The molecule has 0 spiro atoms. The summed E-state index contributed by atoms with van der Waals surface area (Å²) in [6.45, 7) is 0. The molecule has 4 aromatic rings. The summed E-state index contributed by atoms with van der Waals surface area (Å²) in [4.78, 5) is 13.9. The molecule has 7 heteroatoms. The van der Waals surface area contributed by atoms with E-state index in [9.17, 15) is 4.79 Å². The van der Waals surface area contributed by atoms with Gasteiger partial charge >= 0.3 is 0 Å². The van der Waals surface area contributed by atoms with Gasteiger partial charge in [0.1, 0.15) is 5.75 Å². The third-order valence-corrected chi connectivity index (χ3v) is 5.94. The van der Waals surface area contributed by atoms with Crippen LogP contribution in [0.2, 0.25) is 0 Å². The molecule has 162 valence electrons. The Balaban J connectivity index is 1.65. The second-order valence-corrected chi connectivity index (χ2v) is 8.34. The number of ether oxygens (including phenoxy) is 1. The number of hydrogen-bond donors (Lipinski definition) is 0. The van der Waals surface area contributed by atoms with Crippen LogP contribution in [0.1, 0.15) is 15.9 Å². The summed E-state index contributed by atoms with van der Waals surface area (Å²) >= 11 is 1.59. The van der Waals surface area contributed by atoms with E-state index in [4.69, 9.17) is 4.74 Å². The van der Waals surface area contributed by atoms with E-state index in [0.717, 1.165) is 33.5 Å². The molecule has 6 nitrogen and oxygen atoms in total. The van der Waals surface area contributed by atoms with E-state index in [2.05, 4.69) is 14.8 Å². The minimum Gasteiger partial charge on any atom is -0.497 e. The number of aromatic nitrogens is 3. The van der Waals surface area contributed by atoms with Gasteiger partial charge in [-0.05, 0) is 54.1 Å². The first kappa shape index (κ1) is 21.6. The van der Waals surface area contributed by atoms with Crippen molar-refractivity contribution in [2.75, 3.05) is 21.2 Å². The van der Waals surface area contributed by atoms with Crippen LogP contribution >= 0.6 is 11.8 Å². The summed E-state index contributed by atoms with van der Waals surface area (Å²) in [5.41, 5.74) is 3.67. The Hall–Kier alpha value is -3.58. The van der Waals surface area contributed by atoms with Gasteiger partial charge in [-0.1, -0.05) is 42.1 Å². The van der Waals surface area contributed by atoms with Gasteiger partial charge in [0.05, 0.1) is 7.11 Å².